The van der Waals surface area contributed by atoms with Gasteiger partial charge in [-0.3, -0.25) is 10.1 Å². The number of hydrogen-bond acceptors (Lipinski definition) is 4. The van der Waals surface area contributed by atoms with Gasteiger partial charge in [-0.15, -0.1) is 0 Å². The highest BCUT2D eigenvalue weighted by atomic mass is 79.9. The van der Waals surface area contributed by atoms with Crippen LogP contribution in [-0.4, -0.2) is 4.92 Å². The third-order valence-corrected chi connectivity index (χ3v) is 3.95. The van der Waals surface area contributed by atoms with Crippen molar-refractivity contribution in [2.75, 3.05) is 5.32 Å². The molecule has 1 N–H and O–H groups in total. The summed E-state index contributed by atoms with van der Waals surface area (Å²) in [5.74, 6) is 0. The van der Waals surface area contributed by atoms with Crippen molar-refractivity contribution in [1.82, 2.24) is 0 Å². The zero-order valence-electron chi connectivity index (χ0n) is 9.93. The molecule has 20 heavy (non-hydrogen) atoms. The lowest BCUT2D eigenvalue weighted by molar-refractivity contribution is -0.384. The zero-order valence-corrected chi connectivity index (χ0v) is 12.3. The number of benzene rings is 2. The maximum Gasteiger partial charge on any atom is 0.270 e. The Morgan fingerprint density at radius 2 is 2.05 bits per heavy atom. The van der Waals surface area contributed by atoms with Gasteiger partial charge < -0.3 is 5.32 Å². The lowest BCUT2D eigenvalue weighted by Gasteiger charge is -2.10. The summed E-state index contributed by atoms with van der Waals surface area (Å²) in [5, 5.41) is 23.3. The number of hydrogen-bond donors (Lipinski definition) is 1. The molecule has 0 spiro atoms. The maximum atomic E-state index is 10.7. The Kier molecular flexibility index (Phi) is 4.23. The minimum absolute atomic E-state index is 0.128. The molecule has 0 saturated carbocycles. The molecule has 0 unspecified atom stereocenters. The van der Waals surface area contributed by atoms with Crippen molar-refractivity contribution in [2.45, 2.75) is 0 Å². The molecule has 0 amide bonds. The number of nitrogens with one attached hydrogen (secondary N) is 1. The molecule has 0 radical (unpaired) electrons. The first kappa shape index (κ1) is 14.3. The van der Waals surface area contributed by atoms with E-state index in [1.807, 2.05) is 6.07 Å². The number of non-ortho nitro benzene ring substituents is 1. The second-order valence-corrected chi connectivity index (χ2v) is 5.03. The van der Waals surface area contributed by atoms with E-state index < -0.39 is 4.92 Å². The lowest BCUT2D eigenvalue weighted by atomic mass is 10.1. The molecule has 2 rings (SSSR count). The number of nitriles is 1. The third kappa shape index (κ3) is 2.90. The quantitative estimate of drug-likeness (QED) is 0.645. The first-order valence-corrected chi connectivity index (χ1v) is 6.59. The number of nitro benzene ring substituents is 1. The van der Waals surface area contributed by atoms with E-state index in [9.17, 15) is 10.1 Å². The Morgan fingerprint density at radius 3 is 2.70 bits per heavy atom. The topological polar surface area (TPSA) is 79.0 Å². The van der Waals surface area contributed by atoms with Gasteiger partial charge in [-0.05, 0) is 34.1 Å². The minimum atomic E-state index is -0.542. The Bertz CT molecular complexity index is 728. The van der Waals surface area contributed by atoms with E-state index >= 15 is 0 Å². The summed E-state index contributed by atoms with van der Waals surface area (Å²) in [6, 6.07) is 11.2. The fourth-order valence-corrected chi connectivity index (χ4v) is 2.13. The Hall–Kier alpha value is -2.10. The average molecular weight is 353 g/mol. The van der Waals surface area contributed by atoms with E-state index in [1.165, 1.54) is 18.2 Å². The van der Waals surface area contributed by atoms with Gasteiger partial charge in [0.2, 0.25) is 0 Å². The van der Waals surface area contributed by atoms with Crippen LogP contribution in [0.15, 0.2) is 40.9 Å². The van der Waals surface area contributed by atoms with Crippen molar-refractivity contribution in [3.05, 3.63) is 61.6 Å². The smallest absolute Gasteiger partial charge is 0.270 e. The molecule has 0 aliphatic heterocycles. The molecular weight excluding hydrogens is 346 g/mol. The molecule has 7 heteroatoms. The molecule has 0 aliphatic carbocycles. The van der Waals surface area contributed by atoms with Crippen molar-refractivity contribution in [3.8, 4) is 6.07 Å². The van der Waals surface area contributed by atoms with Gasteiger partial charge in [0.05, 0.1) is 31.4 Å². The summed E-state index contributed by atoms with van der Waals surface area (Å²) in [4.78, 5) is 10.1. The van der Waals surface area contributed by atoms with Crippen LogP contribution in [0, 0.1) is 21.4 Å². The van der Waals surface area contributed by atoms with E-state index in [1.54, 1.807) is 18.2 Å². The highest BCUT2D eigenvalue weighted by molar-refractivity contribution is 9.10. The molecule has 0 atom stereocenters. The molecule has 5 nitrogen and oxygen atoms in total. The van der Waals surface area contributed by atoms with Crippen LogP contribution in [0.1, 0.15) is 5.56 Å². The van der Waals surface area contributed by atoms with Crippen molar-refractivity contribution in [2.24, 2.45) is 0 Å². The number of anilines is 2. The van der Waals surface area contributed by atoms with Crippen LogP contribution in [0.4, 0.5) is 17.1 Å². The Morgan fingerprint density at radius 1 is 1.30 bits per heavy atom. The van der Waals surface area contributed by atoms with Crippen molar-refractivity contribution in [3.63, 3.8) is 0 Å². The molecule has 0 aromatic heterocycles. The first-order chi connectivity index (χ1) is 9.52. The van der Waals surface area contributed by atoms with Crippen LogP contribution in [0.25, 0.3) is 0 Å². The monoisotopic (exact) mass is 351 g/mol. The molecule has 0 bridgehead atoms. The fourth-order valence-electron chi connectivity index (χ4n) is 1.59. The summed E-state index contributed by atoms with van der Waals surface area (Å²) in [6.07, 6.45) is 0. The van der Waals surface area contributed by atoms with E-state index in [0.717, 1.165) is 0 Å². The van der Waals surface area contributed by atoms with Gasteiger partial charge in [0, 0.05) is 12.1 Å². The standard InChI is InChI=1S/C13H7BrClN3O2/c14-13-10(15)2-1-3-12(13)17-11-5-4-9(18(19)20)6-8(11)7-16/h1-6,17H. The van der Waals surface area contributed by atoms with E-state index in [4.69, 9.17) is 16.9 Å². The van der Waals surface area contributed by atoms with Crippen LogP contribution in [0.2, 0.25) is 5.02 Å². The van der Waals surface area contributed by atoms with Gasteiger partial charge >= 0.3 is 0 Å². The van der Waals surface area contributed by atoms with Gasteiger partial charge in [-0.1, -0.05) is 17.7 Å². The number of halogens is 2. The summed E-state index contributed by atoms with van der Waals surface area (Å²) in [5.41, 5.74) is 1.20. The molecule has 2 aromatic carbocycles. The SMILES string of the molecule is N#Cc1cc([N+](=O)[O-])ccc1Nc1cccc(Cl)c1Br. The van der Waals surface area contributed by atoms with Crippen LogP contribution in [0.3, 0.4) is 0 Å². The van der Waals surface area contributed by atoms with Gasteiger partial charge in [-0.2, -0.15) is 5.26 Å². The van der Waals surface area contributed by atoms with Gasteiger partial charge in [0.25, 0.3) is 5.69 Å². The van der Waals surface area contributed by atoms with Crippen molar-refractivity contribution in [1.29, 1.82) is 5.26 Å². The van der Waals surface area contributed by atoms with E-state index in [2.05, 4.69) is 21.2 Å². The highest BCUT2D eigenvalue weighted by Gasteiger charge is 2.12. The molecule has 2 aromatic rings. The minimum Gasteiger partial charge on any atom is -0.353 e. The van der Waals surface area contributed by atoms with Crippen LogP contribution in [0.5, 0.6) is 0 Å². The third-order valence-electron chi connectivity index (χ3n) is 2.56. The molecular formula is C13H7BrClN3O2. The molecule has 0 saturated heterocycles. The molecule has 0 fully saturated rings. The maximum absolute atomic E-state index is 10.7. The molecule has 0 heterocycles. The van der Waals surface area contributed by atoms with Crippen molar-refractivity contribution >= 4 is 44.6 Å². The lowest BCUT2D eigenvalue weighted by Crippen LogP contribution is -1.96. The fraction of sp³-hybridized carbons (Fsp3) is 0. The Labute approximate surface area is 128 Å². The molecule has 100 valence electrons. The van der Waals surface area contributed by atoms with Gasteiger partial charge in [0.1, 0.15) is 6.07 Å². The first-order valence-electron chi connectivity index (χ1n) is 5.42. The van der Waals surface area contributed by atoms with Gasteiger partial charge in [0.15, 0.2) is 0 Å². The summed E-state index contributed by atoms with van der Waals surface area (Å²) < 4.78 is 0.656. The van der Waals surface area contributed by atoms with Gasteiger partial charge in [-0.25, -0.2) is 0 Å². The highest BCUT2D eigenvalue weighted by Crippen LogP contribution is 2.33. The van der Waals surface area contributed by atoms with Crippen LogP contribution >= 0.6 is 27.5 Å². The van der Waals surface area contributed by atoms with E-state index in [0.29, 0.717) is 20.9 Å². The number of nitrogens with zero attached hydrogens (tertiary/aromatic N) is 2. The van der Waals surface area contributed by atoms with E-state index in [-0.39, 0.29) is 11.3 Å². The van der Waals surface area contributed by atoms with Crippen LogP contribution < -0.4 is 5.32 Å². The normalized spacial score (nSPS) is 9.85. The summed E-state index contributed by atoms with van der Waals surface area (Å²) in [7, 11) is 0. The zero-order chi connectivity index (χ0) is 14.7. The second kappa shape index (κ2) is 5.90. The number of nitro groups is 1. The largest absolute Gasteiger partial charge is 0.353 e. The second-order valence-electron chi connectivity index (χ2n) is 3.83. The molecule has 0 aliphatic rings. The summed E-state index contributed by atoms with van der Waals surface area (Å²) >= 11 is 9.32. The number of rotatable bonds is 3. The van der Waals surface area contributed by atoms with Crippen molar-refractivity contribution < 1.29 is 4.92 Å². The predicted molar refractivity (Wildman–Crippen MR) is 80.2 cm³/mol. The predicted octanol–water partition coefficient (Wildman–Crippen LogP) is 4.63. The average Bonchev–Trinajstić information content (AvgIpc) is 2.44. The summed E-state index contributed by atoms with van der Waals surface area (Å²) in [6.45, 7) is 0. The van der Waals surface area contributed by atoms with Crippen LogP contribution in [-0.2, 0) is 0 Å². The Balaban J connectivity index is 2.42.